The molecule has 1 aliphatic rings. The summed E-state index contributed by atoms with van der Waals surface area (Å²) in [4.78, 5) is 9.12. The predicted molar refractivity (Wildman–Crippen MR) is 66.6 cm³/mol. The quantitative estimate of drug-likeness (QED) is 0.848. The highest BCUT2D eigenvalue weighted by atomic mass is 16.5. The van der Waals surface area contributed by atoms with Crippen LogP contribution in [-0.2, 0) is 16.9 Å². The van der Waals surface area contributed by atoms with Crippen LogP contribution in [0.3, 0.4) is 0 Å². The van der Waals surface area contributed by atoms with E-state index >= 15 is 0 Å². The van der Waals surface area contributed by atoms with Crippen LogP contribution < -0.4 is 5.73 Å². The molecule has 0 amide bonds. The van der Waals surface area contributed by atoms with Crippen molar-refractivity contribution in [3.63, 3.8) is 0 Å². The van der Waals surface area contributed by atoms with Crippen LogP contribution >= 0.6 is 0 Å². The molecule has 0 bridgehead atoms. The smallest absolute Gasteiger partial charge is 0.160 e. The van der Waals surface area contributed by atoms with Crippen molar-refractivity contribution in [2.45, 2.75) is 51.2 Å². The minimum absolute atomic E-state index is 0.392. The average Bonchev–Trinajstić information content (AvgIpc) is 3.21. The molecule has 4 nitrogen and oxygen atoms in total. The van der Waals surface area contributed by atoms with E-state index < -0.39 is 5.60 Å². The molecule has 1 unspecified atom stereocenters. The maximum Gasteiger partial charge on any atom is 0.160 e. The molecule has 1 aliphatic carbocycles. The number of rotatable bonds is 5. The second-order valence-electron chi connectivity index (χ2n) is 4.87. The second kappa shape index (κ2) is 4.70. The number of methoxy groups -OCH3 is 1. The van der Waals surface area contributed by atoms with Gasteiger partial charge in [0.1, 0.15) is 5.60 Å². The maximum atomic E-state index is 5.73. The molecule has 1 aromatic rings. The summed E-state index contributed by atoms with van der Waals surface area (Å²) in [5.74, 6) is 1.37. The van der Waals surface area contributed by atoms with Gasteiger partial charge in [0.2, 0.25) is 0 Å². The lowest BCUT2D eigenvalue weighted by Crippen LogP contribution is -2.27. The summed E-state index contributed by atoms with van der Waals surface area (Å²) >= 11 is 0. The standard InChI is InChI=1S/C13H21N3O/c1-4-13(2,17-3)12-15-8-10(7-14)11(16-12)9-5-6-9/h8-9H,4-7,14H2,1-3H3. The van der Waals surface area contributed by atoms with Crippen LogP contribution in [0, 0.1) is 0 Å². The Morgan fingerprint density at radius 3 is 2.71 bits per heavy atom. The molecule has 94 valence electrons. The van der Waals surface area contributed by atoms with E-state index in [0.29, 0.717) is 12.5 Å². The fourth-order valence-corrected chi connectivity index (χ4v) is 1.94. The van der Waals surface area contributed by atoms with Gasteiger partial charge in [-0.25, -0.2) is 9.97 Å². The summed E-state index contributed by atoms with van der Waals surface area (Å²) in [5, 5.41) is 0. The van der Waals surface area contributed by atoms with E-state index in [2.05, 4.69) is 11.9 Å². The monoisotopic (exact) mass is 235 g/mol. The molecular weight excluding hydrogens is 214 g/mol. The van der Waals surface area contributed by atoms with E-state index in [1.807, 2.05) is 13.1 Å². The van der Waals surface area contributed by atoms with Crippen LogP contribution in [0.4, 0.5) is 0 Å². The minimum atomic E-state index is -0.392. The van der Waals surface area contributed by atoms with Gasteiger partial charge < -0.3 is 10.5 Å². The third kappa shape index (κ3) is 2.33. The van der Waals surface area contributed by atoms with Gasteiger partial charge in [-0.05, 0) is 26.2 Å². The molecule has 1 fully saturated rings. The lowest BCUT2D eigenvalue weighted by molar-refractivity contribution is -0.00920. The molecule has 2 N–H and O–H groups in total. The van der Waals surface area contributed by atoms with Gasteiger partial charge in [0, 0.05) is 31.3 Å². The number of hydrogen-bond acceptors (Lipinski definition) is 4. The fraction of sp³-hybridized carbons (Fsp3) is 0.692. The van der Waals surface area contributed by atoms with E-state index in [1.54, 1.807) is 7.11 Å². The van der Waals surface area contributed by atoms with Crippen molar-refractivity contribution in [3.05, 3.63) is 23.3 Å². The first-order valence-electron chi connectivity index (χ1n) is 6.26. The Kier molecular flexibility index (Phi) is 3.45. The van der Waals surface area contributed by atoms with Crippen molar-refractivity contribution < 1.29 is 4.74 Å². The normalized spacial score (nSPS) is 19.1. The van der Waals surface area contributed by atoms with Gasteiger partial charge in [-0.15, -0.1) is 0 Å². The second-order valence-corrected chi connectivity index (χ2v) is 4.87. The molecule has 0 spiro atoms. The number of nitrogens with zero attached hydrogens (tertiary/aromatic N) is 2. The minimum Gasteiger partial charge on any atom is -0.371 e. The Morgan fingerprint density at radius 2 is 2.24 bits per heavy atom. The first kappa shape index (κ1) is 12.5. The van der Waals surface area contributed by atoms with Gasteiger partial charge >= 0.3 is 0 Å². The highest BCUT2D eigenvalue weighted by Gasteiger charge is 2.32. The third-order valence-corrected chi connectivity index (χ3v) is 3.68. The molecule has 17 heavy (non-hydrogen) atoms. The largest absolute Gasteiger partial charge is 0.371 e. The number of ether oxygens (including phenoxy) is 1. The average molecular weight is 235 g/mol. The number of nitrogens with two attached hydrogens (primary N) is 1. The van der Waals surface area contributed by atoms with Crippen LogP contribution in [0.2, 0.25) is 0 Å². The van der Waals surface area contributed by atoms with Crippen LogP contribution in [-0.4, -0.2) is 17.1 Å². The molecule has 0 radical (unpaired) electrons. The molecule has 0 aromatic carbocycles. The first-order chi connectivity index (χ1) is 8.14. The molecule has 1 saturated carbocycles. The van der Waals surface area contributed by atoms with Crippen molar-refractivity contribution >= 4 is 0 Å². The Bertz CT molecular complexity index is 398. The predicted octanol–water partition coefficient (Wildman–Crippen LogP) is 2.08. The van der Waals surface area contributed by atoms with E-state index in [4.69, 9.17) is 15.5 Å². The zero-order valence-corrected chi connectivity index (χ0v) is 10.9. The topological polar surface area (TPSA) is 61.0 Å². The summed E-state index contributed by atoms with van der Waals surface area (Å²) in [6, 6.07) is 0. The molecule has 1 heterocycles. The lowest BCUT2D eigenvalue weighted by Gasteiger charge is -2.25. The molecule has 2 rings (SSSR count). The van der Waals surface area contributed by atoms with Gasteiger partial charge in [0.05, 0.1) is 5.69 Å². The highest BCUT2D eigenvalue weighted by Crippen LogP contribution is 2.41. The van der Waals surface area contributed by atoms with Crippen LogP contribution in [0.5, 0.6) is 0 Å². The van der Waals surface area contributed by atoms with Crippen molar-refractivity contribution in [2.24, 2.45) is 5.73 Å². The number of hydrogen-bond donors (Lipinski definition) is 1. The molecule has 0 saturated heterocycles. The summed E-state index contributed by atoms with van der Waals surface area (Å²) in [5.41, 5.74) is 7.55. The molecular formula is C13H21N3O. The molecule has 0 aliphatic heterocycles. The van der Waals surface area contributed by atoms with Crippen LogP contribution in [0.1, 0.15) is 56.1 Å². The maximum absolute atomic E-state index is 5.73. The number of aromatic nitrogens is 2. The van der Waals surface area contributed by atoms with Gasteiger partial charge in [0.15, 0.2) is 5.82 Å². The molecule has 4 heteroatoms. The van der Waals surface area contributed by atoms with E-state index in [9.17, 15) is 0 Å². The Morgan fingerprint density at radius 1 is 1.53 bits per heavy atom. The van der Waals surface area contributed by atoms with Gasteiger partial charge in [0.25, 0.3) is 0 Å². The summed E-state index contributed by atoms with van der Waals surface area (Å²) < 4.78 is 5.55. The first-order valence-corrected chi connectivity index (χ1v) is 6.26. The van der Waals surface area contributed by atoms with Crippen LogP contribution in [0.15, 0.2) is 6.20 Å². The molecule has 1 atom stereocenters. The Labute approximate surface area is 103 Å². The van der Waals surface area contributed by atoms with Crippen molar-refractivity contribution in [3.8, 4) is 0 Å². The SMILES string of the molecule is CCC(C)(OC)c1ncc(CN)c(C2CC2)n1. The van der Waals surface area contributed by atoms with E-state index in [-0.39, 0.29) is 0 Å². The zero-order chi connectivity index (χ0) is 12.5. The highest BCUT2D eigenvalue weighted by molar-refractivity contribution is 5.26. The Balaban J connectivity index is 2.39. The zero-order valence-electron chi connectivity index (χ0n) is 10.9. The van der Waals surface area contributed by atoms with E-state index in [0.717, 1.165) is 23.5 Å². The summed E-state index contributed by atoms with van der Waals surface area (Å²) in [7, 11) is 1.71. The third-order valence-electron chi connectivity index (χ3n) is 3.68. The van der Waals surface area contributed by atoms with E-state index in [1.165, 1.54) is 12.8 Å². The van der Waals surface area contributed by atoms with Gasteiger partial charge in [-0.1, -0.05) is 6.92 Å². The van der Waals surface area contributed by atoms with Crippen molar-refractivity contribution in [2.75, 3.05) is 7.11 Å². The van der Waals surface area contributed by atoms with Crippen molar-refractivity contribution in [1.82, 2.24) is 9.97 Å². The van der Waals surface area contributed by atoms with Gasteiger partial charge in [-0.2, -0.15) is 0 Å². The van der Waals surface area contributed by atoms with Gasteiger partial charge in [-0.3, -0.25) is 0 Å². The van der Waals surface area contributed by atoms with Crippen LogP contribution in [0.25, 0.3) is 0 Å². The Hall–Kier alpha value is -1.00. The summed E-state index contributed by atoms with van der Waals surface area (Å²) in [6.07, 6.45) is 5.16. The summed E-state index contributed by atoms with van der Waals surface area (Å²) in [6.45, 7) is 4.63. The fourth-order valence-electron chi connectivity index (χ4n) is 1.94. The molecule has 1 aromatic heterocycles. The lowest BCUT2D eigenvalue weighted by atomic mass is 10.0. The van der Waals surface area contributed by atoms with Crippen molar-refractivity contribution in [1.29, 1.82) is 0 Å².